The Labute approximate surface area is 76.1 Å². The Morgan fingerprint density at radius 3 is 3.00 bits per heavy atom. The molecule has 0 saturated heterocycles. The fourth-order valence-corrected chi connectivity index (χ4v) is 1.06. The minimum atomic E-state index is 0.271. The molecule has 0 bridgehead atoms. The van der Waals surface area contributed by atoms with Crippen molar-refractivity contribution >= 4 is 17.7 Å². The second-order valence-corrected chi connectivity index (χ2v) is 2.55. The topological polar surface area (TPSA) is 36.7 Å². The molecule has 0 fully saturated rings. The molecule has 0 saturated carbocycles. The Morgan fingerprint density at radius 2 is 2.42 bits per heavy atom. The van der Waals surface area contributed by atoms with Crippen molar-refractivity contribution < 1.29 is 0 Å². The van der Waals surface area contributed by atoms with Crippen molar-refractivity contribution in [2.45, 2.75) is 6.92 Å². The molecule has 0 aliphatic rings. The van der Waals surface area contributed by atoms with Crippen LogP contribution in [0, 0.1) is 11.3 Å². The third-order valence-electron chi connectivity index (χ3n) is 1.37. The van der Waals surface area contributed by atoms with Crippen LogP contribution >= 0.6 is 11.6 Å². The number of allylic oxidation sites excluding steroid dienone is 1. The fraction of sp³-hybridized carbons (Fsp3) is 0.111. The van der Waals surface area contributed by atoms with Crippen LogP contribution in [0.15, 0.2) is 18.3 Å². The van der Waals surface area contributed by atoms with Gasteiger partial charge in [-0.1, -0.05) is 23.8 Å². The van der Waals surface area contributed by atoms with Crippen LogP contribution < -0.4 is 0 Å². The predicted octanol–water partition coefficient (Wildman–Crippen LogP) is 2.64. The number of halogens is 1. The third-order valence-corrected chi connectivity index (χ3v) is 1.77. The van der Waals surface area contributed by atoms with E-state index in [1.165, 1.54) is 0 Å². The first-order valence-electron chi connectivity index (χ1n) is 3.47. The van der Waals surface area contributed by atoms with E-state index < -0.39 is 0 Å². The summed E-state index contributed by atoms with van der Waals surface area (Å²) in [6.07, 6.45) is 5.27. The first-order valence-corrected chi connectivity index (χ1v) is 3.84. The van der Waals surface area contributed by atoms with E-state index >= 15 is 0 Å². The van der Waals surface area contributed by atoms with Crippen molar-refractivity contribution in [2.75, 3.05) is 0 Å². The van der Waals surface area contributed by atoms with Crippen molar-refractivity contribution in [3.05, 3.63) is 34.6 Å². The van der Waals surface area contributed by atoms with Crippen molar-refractivity contribution in [3.63, 3.8) is 0 Å². The normalized spacial score (nSPS) is 10.1. The van der Waals surface area contributed by atoms with Gasteiger partial charge in [-0.05, 0) is 18.6 Å². The lowest BCUT2D eigenvalue weighted by Crippen LogP contribution is -1.85. The van der Waals surface area contributed by atoms with Crippen molar-refractivity contribution in [3.8, 4) is 6.07 Å². The van der Waals surface area contributed by atoms with Crippen LogP contribution in [-0.2, 0) is 0 Å². The summed E-state index contributed by atoms with van der Waals surface area (Å²) in [4.78, 5) is 3.81. The molecule has 0 unspecified atom stereocenters. The van der Waals surface area contributed by atoms with E-state index in [1.54, 1.807) is 12.3 Å². The lowest BCUT2D eigenvalue weighted by atomic mass is 10.2. The van der Waals surface area contributed by atoms with E-state index in [9.17, 15) is 0 Å². The average molecular weight is 179 g/mol. The number of rotatable bonds is 1. The molecule has 1 heterocycles. The van der Waals surface area contributed by atoms with E-state index in [4.69, 9.17) is 16.9 Å². The Morgan fingerprint density at radius 1 is 1.67 bits per heavy atom. The lowest BCUT2D eigenvalue weighted by Gasteiger charge is -1.97. The Kier molecular flexibility index (Phi) is 2.84. The molecule has 0 aliphatic heterocycles. The Bertz CT molecular complexity index is 350. The first-order chi connectivity index (χ1) is 5.79. The summed E-state index contributed by atoms with van der Waals surface area (Å²) in [6.45, 7) is 1.89. The van der Waals surface area contributed by atoms with Crippen LogP contribution in [0.2, 0.25) is 5.02 Å². The molecule has 1 aromatic heterocycles. The van der Waals surface area contributed by atoms with E-state index in [1.807, 2.05) is 25.1 Å². The smallest absolute Gasteiger partial charge is 0.159 e. The first kappa shape index (κ1) is 8.76. The standard InChI is InChI=1S/C9H7ClN2/c1-2-3-7-4-5-12-8(6-11)9(7)10/h2-5H,1H3/b3-2+. The van der Waals surface area contributed by atoms with Gasteiger partial charge in [0.1, 0.15) is 6.07 Å². The highest BCUT2D eigenvalue weighted by molar-refractivity contribution is 6.33. The largest absolute Gasteiger partial charge is 0.244 e. The van der Waals surface area contributed by atoms with Gasteiger partial charge in [0.05, 0.1) is 5.02 Å². The fourth-order valence-electron chi connectivity index (χ4n) is 0.845. The molecule has 0 spiro atoms. The van der Waals surface area contributed by atoms with Gasteiger partial charge in [0.15, 0.2) is 5.69 Å². The van der Waals surface area contributed by atoms with Crippen molar-refractivity contribution in [1.82, 2.24) is 4.98 Å². The Hall–Kier alpha value is -1.33. The summed E-state index contributed by atoms with van der Waals surface area (Å²) in [5.74, 6) is 0. The number of hydrogen-bond acceptors (Lipinski definition) is 2. The van der Waals surface area contributed by atoms with Crippen LogP contribution in [0.1, 0.15) is 18.2 Å². The number of pyridine rings is 1. The van der Waals surface area contributed by atoms with Crippen LogP contribution in [-0.4, -0.2) is 4.98 Å². The molecule has 0 amide bonds. The molecule has 1 rings (SSSR count). The molecule has 3 heteroatoms. The molecule has 0 aliphatic carbocycles. The third kappa shape index (κ3) is 1.63. The zero-order valence-electron chi connectivity index (χ0n) is 6.58. The molecule has 0 aromatic carbocycles. The molecule has 0 radical (unpaired) electrons. The van der Waals surface area contributed by atoms with Crippen LogP contribution in [0.5, 0.6) is 0 Å². The predicted molar refractivity (Wildman–Crippen MR) is 48.7 cm³/mol. The maximum atomic E-state index is 8.59. The lowest BCUT2D eigenvalue weighted by molar-refractivity contribution is 1.26. The summed E-state index contributed by atoms with van der Waals surface area (Å²) < 4.78 is 0. The second-order valence-electron chi connectivity index (χ2n) is 2.17. The van der Waals surface area contributed by atoms with E-state index in [2.05, 4.69) is 4.98 Å². The summed E-state index contributed by atoms with van der Waals surface area (Å²) >= 11 is 5.85. The van der Waals surface area contributed by atoms with E-state index in [0.29, 0.717) is 5.02 Å². The van der Waals surface area contributed by atoms with Gasteiger partial charge in [0.25, 0.3) is 0 Å². The summed E-state index contributed by atoms with van der Waals surface area (Å²) in [5, 5.41) is 9.00. The number of nitrogens with zero attached hydrogens (tertiary/aromatic N) is 2. The zero-order valence-corrected chi connectivity index (χ0v) is 7.34. The summed E-state index contributed by atoms with van der Waals surface area (Å²) in [6, 6.07) is 3.68. The van der Waals surface area contributed by atoms with Crippen LogP contribution in [0.3, 0.4) is 0 Å². The monoisotopic (exact) mass is 178 g/mol. The molecule has 0 N–H and O–H groups in total. The van der Waals surface area contributed by atoms with Crippen LogP contribution in [0.4, 0.5) is 0 Å². The Balaban J connectivity index is 3.25. The van der Waals surface area contributed by atoms with Crippen LogP contribution in [0.25, 0.3) is 6.08 Å². The van der Waals surface area contributed by atoms with Gasteiger partial charge in [-0.15, -0.1) is 0 Å². The van der Waals surface area contributed by atoms with Gasteiger partial charge < -0.3 is 0 Å². The number of hydrogen-bond donors (Lipinski definition) is 0. The van der Waals surface area contributed by atoms with Gasteiger partial charge >= 0.3 is 0 Å². The van der Waals surface area contributed by atoms with Gasteiger partial charge in [0.2, 0.25) is 0 Å². The number of nitriles is 1. The van der Waals surface area contributed by atoms with Crippen molar-refractivity contribution in [2.24, 2.45) is 0 Å². The maximum Gasteiger partial charge on any atom is 0.159 e. The zero-order chi connectivity index (χ0) is 8.97. The highest BCUT2D eigenvalue weighted by Gasteiger charge is 2.02. The summed E-state index contributed by atoms with van der Waals surface area (Å²) in [7, 11) is 0. The van der Waals surface area contributed by atoms with Gasteiger partial charge in [0, 0.05) is 6.20 Å². The molecular formula is C9H7ClN2. The van der Waals surface area contributed by atoms with Gasteiger partial charge in [-0.25, -0.2) is 4.98 Å². The van der Waals surface area contributed by atoms with E-state index in [0.717, 1.165) is 5.56 Å². The average Bonchev–Trinajstić information content (AvgIpc) is 2.09. The number of aromatic nitrogens is 1. The van der Waals surface area contributed by atoms with Gasteiger partial charge in [-0.2, -0.15) is 5.26 Å². The minimum absolute atomic E-state index is 0.271. The molecule has 2 nitrogen and oxygen atoms in total. The molecule has 12 heavy (non-hydrogen) atoms. The van der Waals surface area contributed by atoms with Gasteiger partial charge in [-0.3, -0.25) is 0 Å². The highest BCUT2D eigenvalue weighted by atomic mass is 35.5. The summed E-state index contributed by atoms with van der Waals surface area (Å²) in [5.41, 5.74) is 1.10. The second kappa shape index (κ2) is 3.89. The van der Waals surface area contributed by atoms with Crippen molar-refractivity contribution in [1.29, 1.82) is 5.26 Å². The minimum Gasteiger partial charge on any atom is -0.244 e. The quantitative estimate of drug-likeness (QED) is 0.663. The molecule has 0 atom stereocenters. The highest BCUT2D eigenvalue weighted by Crippen LogP contribution is 2.19. The maximum absolute atomic E-state index is 8.59. The van der Waals surface area contributed by atoms with E-state index in [-0.39, 0.29) is 5.69 Å². The SMILES string of the molecule is C/C=C/c1ccnc(C#N)c1Cl. The molecular weight excluding hydrogens is 172 g/mol. The molecule has 1 aromatic rings. The molecule has 60 valence electrons.